The van der Waals surface area contributed by atoms with E-state index >= 15 is 0 Å². The SMILES string of the molecule is C#C.C=O.CC.NC(=O)c1ccc(-c2nnc(-c3ccc(OC4CCCCC4)cc3)o2)cc1. The van der Waals surface area contributed by atoms with Gasteiger partial charge in [0.15, 0.2) is 0 Å². The molecule has 1 fully saturated rings. The summed E-state index contributed by atoms with van der Waals surface area (Å²) in [6.07, 6.45) is 14.4. The van der Waals surface area contributed by atoms with Crippen molar-refractivity contribution < 1.29 is 18.7 Å². The molecule has 3 aromatic rings. The minimum absolute atomic E-state index is 0.322. The van der Waals surface area contributed by atoms with Crippen molar-refractivity contribution in [2.75, 3.05) is 0 Å². The Balaban J connectivity index is 0.000000841. The molecule has 174 valence electrons. The smallest absolute Gasteiger partial charge is 0.248 e. The number of hydrogen-bond acceptors (Lipinski definition) is 6. The number of rotatable bonds is 5. The number of benzene rings is 2. The van der Waals surface area contributed by atoms with Crippen LogP contribution in [0, 0.1) is 12.8 Å². The van der Waals surface area contributed by atoms with Gasteiger partial charge in [0, 0.05) is 16.7 Å². The van der Waals surface area contributed by atoms with Gasteiger partial charge in [-0.05, 0) is 74.2 Å². The van der Waals surface area contributed by atoms with Gasteiger partial charge in [-0.1, -0.05) is 20.3 Å². The van der Waals surface area contributed by atoms with Crippen LogP contribution in [0.25, 0.3) is 22.9 Å². The molecule has 0 spiro atoms. The molecule has 7 heteroatoms. The molecular formula is C26H31N3O4. The average Bonchev–Trinajstić information content (AvgIpc) is 3.39. The number of carbonyl (C=O) groups is 2. The minimum atomic E-state index is -0.469. The summed E-state index contributed by atoms with van der Waals surface area (Å²) >= 11 is 0. The van der Waals surface area contributed by atoms with Gasteiger partial charge in [-0.15, -0.1) is 23.0 Å². The van der Waals surface area contributed by atoms with Crippen LogP contribution in [0.2, 0.25) is 0 Å². The lowest BCUT2D eigenvalue weighted by atomic mass is 9.98. The fraction of sp³-hybridized carbons (Fsp3) is 0.308. The first-order valence-electron chi connectivity index (χ1n) is 10.8. The zero-order valence-electron chi connectivity index (χ0n) is 19.2. The molecule has 33 heavy (non-hydrogen) atoms. The van der Waals surface area contributed by atoms with E-state index in [2.05, 4.69) is 23.0 Å². The fourth-order valence-electron chi connectivity index (χ4n) is 3.29. The van der Waals surface area contributed by atoms with E-state index in [4.69, 9.17) is 19.7 Å². The number of primary amides is 1. The van der Waals surface area contributed by atoms with Crippen LogP contribution in [-0.4, -0.2) is 29.0 Å². The summed E-state index contributed by atoms with van der Waals surface area (Å²) in [5, 5.41) is 8.21. The molecule has 1 aromatic heterocycles. The van der Waals surface area contributed by atoms with Crippen LogP contribution in [0.15, 0.2) is 52.9 Å². The van der Waals surface area contributed by atoms with E-state index in [0.717, 1.165) is 29.7 Å². The van der Waals surface area contributed by atoms with Crippen LogP contribution in [0.4, 0.5) is 0 Å². The molecule has 2 aromatic carbocycles. The molecule has 0 atom stereocenters. The van der Waals surface area contributed by atoms with E-state index in [1.54, 1.807) is 24.3 Å². The zero-order valence-corrected chi connectivity index (χ0v) is 19.2. The van der Waals surface area contributed by atoms with E-state index in [1.807, 2.05) is 44.9 Å². The lowest BCUT2D eigenvalue weighted by Gasteiger charge is -2.22. The third-order valence-electron chi connectivity index (χ3n) is 4.80. The Bertz CT molecular complexity index is 973. The molecule has 0 bridgehead atoms. The fourth-order valence-corrected chi connectivity index (χ4v) is 3.29. The summed E-state index contributed by atoms with van der Waals surface area (Å²) in [6.45, 7) is 6.00. The maximum Gasteiger partial charge on any atom is 0.248 e. The van der Waals surface area contributed by atoms with Gasteiger partial charge in [-0.2, -0.15) is 0 Å². The summed E-state index contributed by atoms with van der Waals surface area (Å²) in [4.78, 5) is 19.2. The first kappa shape index (κ1) is 27.1. The molecule has 0 radical (unpaired) electrons. The normalized spacial score (nSPS) is 12.5. The van der Waals surface area contributed by atoms with Gasteiger partial charge in [0.05, 0.1) is 6.10 Å². The predicted octanol–water partition coefficient (Wildman–Crippen LogP) is 5.30. The first-order chi connectivity index (χ1) is 16.2. The Labute approximate surface area is 195 Å². The molecule has 1 saturated carbocycles. The molecule has 1 heterocycles. The van der Waals surface area contributed by atoms with E-state index < -0.39 is 5.91 Å². The Kier molecular flexibility index (Phi) is 12.3. The summed E-state index contributed by atoms with van der Waals surface area (Å²) in [5.74, 6) is 1.23. The van der Waals surface area contributed by atoms with Crippen molar-refractivity contribution in [3.63, 3.8) is 0 Å². The van der Waals surface area contributed by atoms with Gasteiger partial charge in [0.25, 0.3) is 0 Å². The lowest BCUT2D eigenvalue weighted by molar-refractivity contribution is -0.0980. The Morgan fingerprint density at radius 1 is 0.909 bits per heavy atom. The molecular weight excluding hydrogens is 418 g/mol. The van der Waals surface area contributed by atoms with Crippen LogP contribution in [0.3, 0.4) is 0 Å². The lowest BCUT2D eigenvalue weighted by Crippen LogP contribution is -2.19. The monoisotopic (exact) mass is 449 g/mol. The van der Waals surface area contributed by atoms with Crippen molar-refractivity contribution in [1.82, 2.24) is 10.2 Å². The van der Waals surface area contributed by atoms with E-state index in [-0.39, 0.29) is 0 Å². The summed E-state index contributed by atoms with van der Waals surface area (Å²) < 4.78 is 11.8. The second kappa shape index (κ2) is 15.0. The van der Waals surface area contributed by atoms with Crippen molar-refractivity contribution in [2.45, 2.75) is 52.1 Å². The minimum Gasteiger partial charge on any atom is -0.490 e. The molecule has 1 aliphatic carbocycles. The summed E-state index contributed by atoms with van der Waals surface area (Å²) in [7, 11) is 0. The summed E-state index contributed by atoms with van der Waals surface area (Å²) in [5.41, 5.74) is 7.25. The molecule has 4 rings (SSSR count). The second-order valence-electron chi connectivity index (χ2n) is 6.76. The predicted molar refractivity (Wildman–Crippen MR) is 130 cm³/mol. The van der Waals surface area contributed by atoms with Crippen molar-refractivity contribution in [3.05, 3.63) is 54.1 Å². The standard InChI is InChI=1S/C21H21N3O3.C2H6.C2H2.CH2O/c22-19(25)14-6-8-15(9-7-14)20-23-24-21(27-20)16-10-12-18(13-11-16)26-17-4-2-1-3-5-17;3*1-2/h6-13,17H,1-5H2,(H2,22,25);1-2H3;1-2H;1H2. The quantitative estimate of drug-likeness (QED) is 0.529. The number of carbonyl (C=O) groups excluding carboxylic acids is 2. The highest BCUT2D eigenvalue weighted by molar-refractivity contribution is 5.93. The van der Waals surface area contributed by atoms with Gasteiger partial charge < -0.3 is 19.7 Å². The molecule has 0 saturated heterocycles. The highest BCUT2D eigenvalue weighted by atomic mass is 16.5. The van der Waals surface area contributed by atoms with Gasteiger partial charge >= 0.3 is 0 Å². The third kappa shape index (κ3) is 7.93. The number of nitrogens with two attached hydrogens (primary N) is 1. The highest BCUT2D eigenvalue weighted by Gasteiger charge is 2.15. The number of hydrogen-bond donors (Lipinski definition) is 1. The van der Waals surface area contributed by atoms with E-state index in [1.165, 1.54) is 19.3 Å². The number of terminal acetylenes is 1. The summed E-state index contributed by atoms with van der Waals surface area (Å²) in [6, 6.07) is 14.5. The van der Waals surface area contributed by atoms with Gasteiger partial charge in [-0.25, -0.2) is 0 Å². The zero-order chi connectivity index (χ0) is 24.6. The average molecular weight is 450 g/mol. The number of amides is 1. The Morgan fingerprint density at radius 3 is 1.82 bits per heavy atom. The van der Waals surface area contributed by atoms with Crippen LogP contribution in [0.1, 0.15) is 56.3 Å². The molecule has 1 aliphatic rings. The molecule has 0 aliphatic heterocycles. The molecule has 1 amide bonds. The van der Waals surface area contributed by atoms with E-state index in [0.29, 0.717) is 23.4 Å². The molecule has 2 N–H and O–H groups in total. The van der Waals surface area contributed by atoms with Gasteiger partial charge in [0.1, 0.15) is 12.5 Å². The van der Waals surface area contributed by atoms with Gasteiger partial charge in [0.2, 0.25) is 17.7 Å². The van der Waals surface area contributed by atoms with Crippen molar-refractivity contribution in [3.8, 4) is 41.5 Å². The maximum absolute atomic E-state index is 11.2. The number of nitrogens with zero attached hydrogens (tertiary/aromatic N) is 2. The Hall–Kier alpha value is -3.92. The number of aromatic nitrogens is 2. The van der Waals surface area contributed by atoms with Gasteiger partial charge in [-0.3, -0.25) is 4.79 Å². The van der Waals surface area contributed by atoms with Crippen molar-refractivity contribution in [2.24, 2.45) is 5.73 Å². The molecule has 0 unspecified atom stereocenters. The molecule has 7 nitrogen and oxygen atoms in total. The topological polar surface area (TPSA) is 108 Å². The first-order valence-corrected chi connectivity index (χ1v) is 10.8. The largest absolute Gasteiger partial charge is 0.490 e. The highest BCUT2D eigenvalue weighted by Crippen LogP contribution is 2.27. The van der Waals surface area contributed by atoms with Crippen LogP contribution in [-0.2, 0) is 4.79 Å². The second-order valence-corrected chi connectivity index (χ2v) is 6.76. The number of ether oxygens (including phenoxy) is 1. The van der Waals surface area contributed by atoms with Crippen molar-refractivity contribution in [1.29, 1.82) is 0 Å². The van der Waals surface area contributed by atoms with Crippen LogP contribution < -0.4 is 10.5 Å². The van der Waals surface area contributed by atoms with Crippen LogP contribution in [0.5, 0.6) is 5.75 Å². The van der Waals surface area contributed by atoms with E-state index in [9.17, 15) is 4.79 Å². The van der Waals surface area contributed by atoms with Crippen LogP contribution >= 0.6 is 0 Å². The third-order valence-corrected chi connectivity index (χ3v) is 4.80. The van der Waals surface area contributed by atoms with Crippen molar-refractivity contribution >= 4 is 12.7 Å². The maximum atomic E-state index is 11.2. The Morgan fingerprint density at radius 2 is 1.36 bits per heavy atom.